The highest BCUT2D eigenvalue weighted by molar-refractivity contribution is 5.79. The van der Waals surface area contributed by atoms with Crippen molar-refractivity contribution < 1.29 is 4.79 Å². The molecule has 3 N–H and O–H groups in total. The zero-order valence-electron chi connectivity index (χ0n) is 13.8. The van der Waals surface area contributed by atoms with Crippen molar-refractivity contribution in [2.24, 2.45) is 23.5 Å². The number of nitrogens with zero attached hydrogens (tertiary/aromatic N) is 1. The second kappa shape index (κ2) is 5.65. The van der Waals surface area contributed by atoms with Gasteiger partial charge in [-0.05, 0) is 49.7 Å². The summed E-state index contributed by atoms with van der Waals surface area (Å²) in [6.07, 6.45) is 4.98. The number of nitrogens with one attached hydrogen (secondary N) is 1. The van der Waals surface area contributed by atoms with E-state index < -0.39 is 0 Å². The second-order valence-electron chi connectivity index (χ2n) is 7.81. The zero-order valence-corrected chi connectivity index (χ0v) is 13.8. The summed E-state index contributed by atoms with van der Waals surface area (Å²) in [5.41, 5.74) is 8.04. The summed E-state index contributed by atoms with van der Waals surface area (Å²) in [6, 6.07) is 4.45. The van der Waals surface area contributed by atoms with Crippen LogP contribution in [-0.2, 0) is 10.2 Å². The molecule has 0 bridgehead atoms. The van der Waals surface area contributed by atoms with Crippen molar-refractivity contribution in [3.8, 4) is 0 Å². The molecule has 2 fully saturated rings. The van der Waals surface area contributed by atoms with Gasteiger partial charge >= 0.3 is 0 Å². The number of amides is 1. The number of carbonyl (C=O) groups is 1. The highest BCUT2D eigenvalue weighted by Crippen LogP contribution is 2.48. The first-order chi connectivity index (χ1) is 10.4. The monoisotopic (exact) mass is 301 g/mol. The summed E-state index contributed by atoms with van der Waals surface area (Å²) in [5.74, 6) is 1.63. The zero-order chi connectivity index (χ0) is 15.9. The number of hydrogen-bond donors (Lipinski definition) is 2. The molecule has 1 heterocycles. The normalized spacial score (nSPS) is 30.5. The van der Waals surface area contributed by atoms with E-state index in [0.29, 0.717) is 24.4 Å². The van der Waals surface area contributed by atoms with Crippen LogP contribution in [-0.4, -0.2) is 23.5 Å². The van der Waals surface area contributed by atoms with Crippen molar-refractivity contribution in [2.75, 3.05) is 6.54 Å². The maximum absolute atomic E-state index is 12.4. The number of carbonyl (C=O) groups excluding carboxylic acids is 1. The fourth-order valence-corrected chi connectivity index (χ4v) is 3.91. The molecule has 3 rings (SSSR count). The van der Waals surface area contributed by atoms with E-state index in [1.165, 1.54) is 0 Å². The number of aromatic nitrogens is 1. The molecule has 22 heavy (non-hydrogen) atoms. The lowest BCUT2D eigenvalue weighted by molar-refractivity contribution is -0.125. The van der Waals surface area contributed by atoms with Gasteiger partial charge in [-0.15, -0.1) is 0 Å². The molecule has 1 aromatic rings. The molecular formula is C18H27N3O. The summed E-state index contributed by atoms with van der Waals surface area (Å²) in [5, 5.41) is 3.14. The molecule has 0 spiro atoms. The molecule has 1 aromatic heterocycles. The van der Waals surface area contributed by atoms with Gasteiger partial charge in [0.15, 0.2) is 0 Å². The maximum Gasteiger partial charge on any atom is 0.223 e. The number of hydrogen-bond acceptors (Lipinski definition) is 3. The Balaban J connectivity index is 1.55. The lowest BCUT2D eigenvalue weighted by Gasteiger charge is -2.37. The third-order valence-electron chi connectivity index (χ3n) is 5.55. The Hall–Kier alpha value is -1.42. The molecule has 120 valence electrons. The Bertz CT molecular complexity index is 552. The Kier molecular flexibility index (Phi) is 3.98. The quantitative estimate of drug-likeness (QED) is 0.895. The molecule has 0 aromatic carbocycles. The predicted octanol–water partition coefficient (Wildman–Crippen LogP) is 2.16. The molecular weight excluding hydrogens is 274 g/mol. The number of pyridine rings is 1. The molecule has 4 heteroatoms. The third kappa shape index (κ3) is 2.89. The minimum Gasteiger partial charge on any atom is -0.355 e. The largest absolute Gasteiger partial charge is 0.355 e. The van der Waals surface area contributed by atoms with E-state index in [9.17, 15) is 4.79 Å². The Morgan fingerprint density at radius 1 is 1.36 bits per heavy atom. The van der Waals surface area contributed by atoms with E-state index in [2.05, 4.69) is 36.3 Å². The Morgan fingerprint density at radius 3 is 2.73 bits per heavy atom. The van der Waals surface area contributed by atoms with Gasteiger partial charge in [-0.25, -0.2) is 0 Å². The summed E-state index contributed by atoms with van der Waals surface area (Å²) >= 11 is 0. The molecule has 4 nitrogen and oxygen atoms in total. The fraction of sp³-hybridized carbons (Fsp3) is 0.667. The van der Waals surface area contributed by atoms with E-state index in [0.717, 1.165) is 30.5 Å². The smallest absolute Gasteiger partial charge is 0.223 e. The number of nitrogens with two attached hydrogens (primary N) is 1. The minimum atomic E-state index is -0.155. The number of aryl methyl sites for hydroxylation is 1. The number of rotatable bonds is 4. The summed E-state index contributed by atoms with van der Waals surface area (Å²) < 4.78 is 0. The van der Waals surface area contributed by atoms with Crippen molar-refractivity contribution in [3.63, 3.8) is 0 Å². The topological polar surface area (TPSA) is 68.0 Å². The van der Waals surface area contributed by atoms with E-state index in [4.69, 9.17) is 5.73 Å². The molecule has 2 saturated carbocycles. The summed E-state index contributed by atoms with van der Waals surface area (Å²) in [7, 11) is 0. The average molecular weight is 301 g/mol. The van der Waals surface area contributed by atoms with Gasteiger partial charge in [0.2, 0.25) is 5.91 Å². The highest BCUT2D eigenvalue weighted by Gasteiger charge is 2.47. The lowest BCUT2D eigenvalue weighted by Crippen LogP contribution is -2.44. The SMILES string of the molecule is Cc1ccc(C(C)(C)CNC(=O)C2C[C@@H]3C[C@H](N)[C@@H]3C2)nc1. The Morgan fingerprint density at radius 2 is 2.14 bits per heavy atom. The fourth-order valence-electron chi connectivity index (χ4n) is 3.91. The van der Waals surface area contributed by atoms with Gasteiger partial charge < -0.3 is 11.1 Å². The standard InChI is InChI=1S/C18H27N3O/c1-11-4-5-16(20-9-11)18(2,3)10-21-17(22)13-6-12-8-15(19)14(12)7-13/h4-5,9,12-15H,6-8,10,19H2,1-3H3,(H,21,22)/t12-,13?,14-,15+/m1/s1. The predicted molar refractivity (Wildman–Crippen MR) is 87.3 cm³/mol. The molecule has 2 aliphatic rings. The summed E-state index contributed by atoms with van der Waals surface area (Å²) in [6.45, 7) is 6.91. The number of fused-ring (bicyclic) bond motifs is 1. The maximum atomic E-state index is 12.4. The average Bonchev–Trinajstić information content (AvgIpc) is 2.83. The van der Waals surface area contributed by atoms with Crippen LogP contribution in [0.3, 0.4) is 0 Å². The van der Waals surface area contributed by atoms with Crippen LogP contribution in [0.5, 0.6) is 0 Å². The van der Waals surface area contributed by atoms with E-state index in [1.807, 2.05) is 13.1 Å². The molecule has 0 aliphatic heterocycles. The minimum absolute atomic E-state index is 0.155. The van der Waals surface area contributed by atoms with Crippen LogP contribution in [0.25, 0.3) is 0 Å². The van der Waals surface area contributed by atoms with Crippen LogP contribution in [0.2, 0.25) is 0 Å². The van der Waals surface area contributed by atoms with Crippen molar-refractivity contribution in [2.45, 2.75) is 51.5 Å². The first-order valence-electron chi connectivity index (χ1n) is 8.33. The van der Waals surface area contributed by atoms with Gasteiger partial charge in [-0.1, -0.05) is 19.9 Å². The third-order valence-corrected chi connectivity index (χ3v) is 5.55. The molecule has 4 atom stereocenters. The van der Waals surface area contributed by atoms with Gasteiger partial charge in [0, 0.05) is 35.8 Å². The van der Waals surface area contributed by atoms with Crippen LogP contribution in [0.4, 0.5) is 0 Å². The van der Waals surface area contributed by atoms with Crippen LogP contribution < -0.4 is 11.1 Å². The molecule has 0 saturated heterocycles. The van der Waals surface area contributed by atoms with Crippen LogP contribution in [0.1, 0.15) is 44.4 Å². The summed E-state index contributed by atoms with van der Waals surface area (Å²) in [4.78, 5) is 16.9. The van der Waals surface area contributed by atoms with Gasteiger partial charge in [0.1, 0.15) is 0 Å². The molecule has 1 amide bonds. The molecule has 2 aliphatic carbocycles. The van der Waals surface area contributed by atoms with Gasteiger partial charge in [-0.3, -0.25) is 9.78 Å². The van der Waals surface area contributed by atoms with Crippen LogP contribution in [0, 0.1) is 24.7 Å². The van der Waals surface area contributed by atoms with Gasteiger partial charge in [0.25, 0.3) is 0 Å². The molecule has 0 radical (unpaired) electrons. The first kappa shape index (κ1) is 15.5. The van der Waals surface area contributed by atoms with E-state index >= 15 is 0 Å². The first-order valence-corrected chi connectivity index (χ1v) is 8.33. The van der Waals surface area contributed by atoms with Crippen molar-refractivity contribution in [1.82, 2.24) is 10.3 Å². The lowest BCUT2D eigenvalue weighted by atomic mass is 9.72. The van der Waals surface area contributed by atoms with Crippen LogP contribution in [0.15, 0.2) is 18.3 Å². The van der Waals surface area contributed by atoms with Gasteiger partial charge in [-0.2, -0.15) is 0 Å². The second-order valence-corrected chi connectivity index (χ2v) is 7.81. The van der Waals surface area contributed by atoms with E-state index in [-0.39, 0.29) is 17.2 Å². The highest BCUT2D eigenvalue weighted by atomic mass is 16.1. The van der Waals surface area contributed by atoms with Gasteiger partial charge in [0.05, 0.1) is 0 Å². The Labute approximate surface area is 132 Å². The van der Waals surface area contributed by atoms with Crippen molar-refractivity contribution in [3.05, 3.63) is 29.6 Å². The molecule has 1 unspecified atom stereocenters. The van der Waals surface area contributed by atoms with Crippen LogP contribution >= 0.6 is 0 Å². The van der Waals surface area contributed by atoms with Crippen molar-refractivity contribution in [1.29, 1.82) is 0 Å². The van der Waals surface area contributed by atoms with Crippen molar-refractivity contribution >= 4 is 5.91 Å². The van der Waals surface area contributed by atoms with E-state index in [1.54, 1.807) is 0 Å².